The number of carbonyl (C=O) groups is 2. The Morgan fingerprint density at radius 3 is 0.653 bits per heavy atom. The summed E-state index contributed by atoms with van der Waals surface area (Å²) >= 11 is 0. The molecule has 5 nitrogen and oxygen atoms in total. The molecule has 0 N–H and O–H groups in total. The first kappa shape index (κ1) is 47.5. The Kier molecular flexibility index (Phi) is 13.6. The van der Waals surface area contributed by atoms with Gasteiger partial charge in [0.2, 0.25) is 0 Å². The van der Waals surface area contributed by atoms with Crippen LogP contribution in [0.3, 0.4) is 0 Å². The zero-order valence-electron chi connectivity index (χ0n) is 41.8. The number of para-hydroxylation sites is 5. The maximum absolute atomic E-state index is 13.2. The molecule has 11 aromatic rings. The molecule has 360 valence electrons. The summed E-state index contributed by atoms with van der Waals surface area (Å²) in [6.45, 7) is 3.26. The monoisotopic (exact) mass is 967 g/mol. The Morgan fingerprint density at radius 2 is 0.427 bits per heavy atom. The van der Waals surface area contributed by atoms with Gasteiger partial charge in [-0.05, 0) is 180 Å². The van der Waals surface area contributed by atoms with Gasteiger partial charge in [-0.15, -0.1) is 0 Å². The first-order valence-corrected chi connectivity index (χ1v) is 25.2. The van der Waals surface area contributed by atoms with Gasteiger partial charge in [0, 0.05) is 62.3 Å². The first-order valence-electron chi connectivity index (χ1n) is 25.2. The molecular formula is C70H53N3O2. The Morgan fingerprint density at radius 1 is 0.227 bits per heavy atom. The molecule has 0 aliphatic rings. The van der Waals surface area contributed by atoms with E-state index in [0.717, 1.165) is 95.7 Å². The Balaban J connectivity index is 0.884. The molecule has 5 heteroatoms. The van der Waals surface area contributed by atoms with Crippen LogP contribution in [0.15, 0.2) is 285 Å². The molecule has 0 aromatic heterocycles. The molecule has 0 heterocycles. The molecule has 0 unspecified atom stereocenters. The lowest BCUT2D eigenvalue weighted by Crippen LogP contribution is -2.09. The number of hydrogen-bond donors (Lipinski definition) is 0. The van der Waals surface area contributed by atoms with Crippen molar-refractivity contribution in [3.05, 3.63) is 296 Å². The van der Waals surface area contributed by atoms with Crippen molar-refractivity contribution in [2.75, 3.05) is 14.7 Å². The molecule has 0 aliphatic heterocycles. The number of carbonyl (C=O) groups excluding carboxylic acids is 2. The molecule has 0 saturated heterocycles. The van der Waals surface area contributed by atoms with E-state index < -0.39 is 0 Å². The summed E-state index contributed by atoms with van der Waals surface area (Å²) in [4.78, 5) is 33.1. The Hall–Kier alpha value is -9.84. The minimum atomic E-state index is 0.00808. The van der Waals surface area contributed by atoms with E-state index in [1.54, 1.807) is 13.8 Å². The van der Waals surface area contributed by atoms with Gasteiger partial charge in [0.1, 0.15) is 0 Å². The summed E-state index contributed by atoms with van der Waals surface area (Å²) in [6, 6.07) is 98.2. The standard InChI is InChI=1S/C70H53N3O2/c1-50(74)67-46-36-56(52-28-38-63(39-29-52)71(58-18-8-3-9-19-58)59-20-10-4-11-21-59)48-69(67)54-32-42-65(43-33-54)73(62-26-16-7-17-27-62)66-44-34-55(35-45-66)70-49-57(37-47-68(70)51(2)75)53-30-40-64(41-31-53)72(60-22-12-5-13-23-60)61-24-14-6-15-25-61/h3-49H,1-2H3. The van der Waals surface area contributed by atoms with E-state index in [1.165, 1.54) is 0 Å². The highest BCUT2D eigenvalue weighted by molar-refractivity contribution is 6.03. The molecule has 0 atom stereocenters. The fourth-order valence-electron chi connectivity index (χ4n) is 9.95. The zero-order valence-corrected chi connectivity index (χ0v) is 41.8. The van der Waals surface area contributed by atoms with Crippen LogP contribution in [0.25, 0.3) is 44.5 Å². The van der Waals surface area contributed by atoms with Crippen molar-refractivity contribution >= 4 is 62.8 Å². The van der Waals surface area contributed by atoms with Gasteiger partial charge in [-0.25, -0.2) is 0 Å². The predicted molar refractivity (Wildman–Crippen MR) is 312 cm³/mol. The van der Waals surface area contributed by atoms with Crippen molar-refractivity contribution in [3.8, 4) is 44.5 Å². The fraction of sp³-hybridized carbons (Fsp3) is 0.0286. The normalized spacial score (nSPS) is 10.9. The molecule has 0 fully saturated rings. The van der Waals surface area contributed by atoms with Crippen LogP contribution in [-0.2, 0) is 0 Å². The molecule has 0 saturated carbocycles. The van der Waals surface area contributed by atoms with Crippen LogP contribution >= 0.6 is 0 Å². The third kappa shape index (κ3) is 10.2. The van der Waals surface area contributed by atoms with Gasteiger partial charge in [0.05, 0.1) is 0 Å². The smallest absolute Gasteiger partial charge is 0.160 e. The van der Waals surface area contributed by atoms with E-state index in [1.807, 2.05) is 66.7 Å². The predicted octanol–water partition coefficient (Wildman–Crippen LogP) is 19.2. The van der Waals surface area contributed by atoms with E-state index in [9.17, 15) is 9.59 Å². The largest absolute Gasteiger partial charge is 0.311 e. The molecule has 11 aromatic carbocycles. The van der Waals surface area contributed by atoms with Crippen LogP contribution in [0.2, 0.25) is 0 Å². The first-order chi connectivity index (χ1) is 36.9. The number of Topliss-reactive ketones (excluding diaryl/α,β-unsaturated/α-hetero) is 2. The lowest BCUT2D eigenvalue weighted by molar-refractivity contribution is 0.101. The maximum atomic E-state index is 13.2. The second-order valence-corrected chi connectivity index (χ2v) is 18.5. The summed E-state index contributed by atoms with van der Waals surface area (Å²) in [6.07, 6.45) is 0. The molecule has 0 aliphatic carbocycles. The lowest BCUT2D eigenvalue weighted by Gasteiger charge is -2.26. The van der Waals surface area contributed by atoms with Crippen LogP contribution in [0.4, 0.5) is 51.2 Å². The van der Waals surface area contributed by atoms with Crippen molar-refractivity contribution < 1.29 is 9.59 Å². The fourth-order valence-corrected chi connectivity index (χ4v) is 9.95. The summed E-state index contributed by atoms with van der Waals surface area (Å²) in [5.74, 6) is 0.0162. The van der Waals surface area contributed by atoms with Crippen molar-refractivity contribution in [3.63, 3.8) is 0 Å². The second-order valence-electron chi connectivity index (χ2n) is 18.5. The van der Waals surface area contributed by atoms with Gasteiger partial charge in [-0.3, -0.25) is 9.59 Å². The molecule has 0 amide bonds. The van der Waals surface area contributed by atoms with Crippen LogP contribution in [0.1, 0.15) is 34.6 Å². The van der Waals surface area contributed by atoms with Crippen LogP contribution in [-0.4, -0.2) is 11.6 Å². The third-order valence-corrected chi connectivity index (χ3v) is 13.7. The molecule has 75 heavy (non-hydrogen) atoms. The van der Waals surface area contributed by atoms with Gasteiger partial charge in [-0.2, -0.15) is 0 Å². The molecule has 11 rings (SSSR count). The van der Waals surface area contributed by atoms with Crippen molar-refractivity contribution in [1.82, 2.24) is 0 Å². The summed E-state index contributed by atoms with van der Waals surface area (Å²) < 4.78 is 0. The highest BCUT2D eigenvalue weighted by atomic mass is 16.1. The summed E-state index contributed by atoms with van der Waals surface area (Å²) in [5, 5.41) is 0. The van der Waals surface area contributed by atoms with Crippen LogP contribution in [0.5, 0.6) is 0 Å². The number of benzene rings is 11. The molecule has 0 radical (unpaired) electrons. The second kappa shape index (κ2) is 21.5. The van der Waals surface area contributed by atoms with E-state index in [-0.39, 0.29) is 11.6 Å². The van der Waals surface area contributed by atoms with Crippen LogP contribution in [0, 0.1) is 0 Å². The lowest BCUT2D eigenvalue weighted by atomic mass is 9.92. The van der Waals surface area contributed by atoms with Crippen molar-refractivity contribution in [2.24, 2.45) is 0 Å². The number of hydrogen-bond acceptors (Lipinski definition) is 5. The van der Waals surface area contributed by atoms with E-state index in [0.29, 0.717) is 11.1 Å². The summed E-state index contributed by atoms with van der Waals surface area (Å²) in [5.41, 5.74) is 18.5. The van der Waals surface area contributed by atoms with Crippen LogP contribution < -0.4 is 14.7 Å². The van der Waals surface area contributed by atoms with Gasteiger partial charge in [-0.1, -0.05) is 164 Å². The number of ketones is 2. The van der Waals surface area contributed by atoms with E-state index in [4.69, 9.17) is 0 Å². The number of rotatable bonds is 15. The maximum Gasteiger partial charge on any atom is 0.160 e. The average molecular weight is 968 g/mol. The van der Waals surface area contributed by atoms with Gasteiger partial charge in [0.15, 0.2) is 11.6 Å². The highest BCUT2D eigenvalue weighted by Gasteiger charge is 2.19. The van der Waals surface area contributed by atoms with Crippen molar-refractivity contribution in [1.29, 1.82) is 0 Å². The average Bonchev–Trinajstić information content (AvgIpc) is 3.47. The molecular weight excluding hydrogens is 915 g/mol. The SMILES string of the molecule is CC(=O)c1ccc(-c2ccc(N(c3ccccc3)c3ccccc3)cc2)cc1-c1ccc(N(c2ccccc2)c2ccc(-c3cc(-c4ccc(N(c5ccccc5)c5ccccc5)cc4)ccc3C(C)=O)cc2)cc1. The Labute approximate surface area is 439 Å². The molecule has 0 spiro atoms. The summed E-state index contributed by atoms with van der Waals surface area (Å²) in [7, 11) is 0. The third-order valence-electron chi connectivity index (χ3n) is 13.7. The van der Waals surface area contributed by atoms with Gasteiger partial charge >= 0.3 is 0 Å². The zero-order chi connectivity index (χ0) is 51.1. The van der Waals surface area contributed by atoms with Gasteiger partial charge < -0.3 is 14.7 Å². The van der Waals surface area contributed by atoms with Crippen molar-refractivity contribution in [2.45, 2.75) is 13.8 Å². The van der Waals surface area contributed by atoms with E-state index >= 15 is 0 Å². The minimum Gasteiger partial charge on any atom is -0.311 e. The number of anilines is 9. The topological polar surface area (TPSA) is 43.9 Å². The number of nitrogens with zero attached hydrogens (tertiary/aromatic N) is 3. The van der Waals surface area contributed by atoms with Gasteiger partial charge in [0.25, 0.3) is 0 Å². The molecule has 0 bridgehead atoms. The quantitative estimate of drug-likeness (QED) is 0.0958. The van der Waals surface area contributed by atoms with E-state index in [2.05, 4.69) is 233 Å². The minimum absolute atomic E-state index is 0.00808. The highest BCUT2D eigenvalue weighted by Crippen LogP contribution is 2.41. The Bertz CT molecular complexity index is 3410.